The fourth-order valence-corrected chi connectivity index (χ4v) is 2.76. The number of nitrogens with zero attached hydrogens (tertiary/aromatic N) is 1. The zero-order valence-electron chi connectivity index (χ0n) is 14.8. The minimum Gasteiger partial charge on any atom is -0.494 e. The molecule has 24 heavy (non-hydrogen) atoms. The minimum atomic E-state index is -0.395. The summed E-state index contributed by atoms with van der Waals surface area (Å²) in [4.78, 5) is 14.2. The van der Waals surface area contributed by atoms with Gasteiger partial charge in [-0.3, -0.25) is 5.32 Å². The van der Waals surface area contributed by atoms with E-state index in [9.17, 15) is 4.79 Å². The smallest absolute Gasteiger partial charge is 0.411 e. The van der Waals surface area contributed by atoms with Gasteiger partial charge in [0.15, 0.2) is 0 Å². The van der Waals surface area contributed by atoms with Crippen molar-refractivity contribution in [1.82, 2.24) is 4.90 Å². The average Bonchev–Trinajstić information content (AvgIpc) is 2.61. The summed E-state index contributed by atoms with van der Waals surface area (Å²) in [6, 6.07) is 7.38. The maximum atomic E-state index is 11.8. The first kappa shape index (κ1) is 18.6. The van der Waals surface area contributed by atoms with Gasteiger partial charge in [-0.25, -0.2) is 4.79 Å². The van der Waals surface area contributed by atoms with Crippen LogP contribution in [0.3, 0.4) is 0 Å². The molecule has 5 nitrogen and oxygen atoms in total. The molecular weight excluding hydrogens is 304 g/mol. The Hall–Kier alpha value is -1.75. The summed E-state index contributed by atoms with van der Waals surface area (Å²) in [5.74, 6) is 0.823. The Bertz CT molecular complexity index is 470. The lowest BCUT2D eigenvalue weighted by Crippen LogP contribution is -2.31. The first-order valence-corrected chi connectivity index (χ1v) is 9.17. The van der Waals surface area contributed by atoms with Crippen molar-refractivity contribution in [2.45, 2.75) is 45.4 Å². The third kappa shape index (κ3) is 7.21. The van der Waals surface area contributed by atoms with E-state index in [1.54, 1.807) is 0 Å². The Labute approximate surface area is 145 Å². The summed E-state index contributed by atoms with van der Waals surface area (Å²) in [6.45, 7) is 6.69. The SMILES string of the molecule is CCCCOc1ccc(NC(=O)OCCCN2CCCCC2)cc1. The van der Waals surface area contributed by atoms with E-state index in [1.807, 2.05) is 24.3 Å². The lowest BCUT2D eigenvalue weighted by atomic mass is 10.1. The lowest BCUT2D eigenvalue weighted by Gasteiger charge is -2.26. The number of carbonyl (C=O) groups excluding carboxylic acids is 1. The highest BCUT2D eigenvalue weighted by Gasteiger charge is 2.10. The van der Waals surface area contributed by atoms with Gasteiger partial charge in [-0.1, -0.05) is 19.8 Å². The molecule has 1 N–H and O–H groups in total. The molecule has 0 bridgehead atoms. The van der Waals surface area contributed by atoms with E-state index in [4.69, 9.17) is 9.47 Å². The van der Waals surface area contributed by atoms with Crippen molar-refractivity contribution in [3.63, 3.8) is 0 Å². The van der Waals surface area contributed by atoms with E-state index >= 15 is 0 Å². The van der Waals surface area contributed by atoms with E-state index in [2.05, 4.69) is 17.1 Å². The van der Waals surface area contributed by atoms with Crippen LogP contribution in [-0.2, 0) is 4.74 Å². The molecule has 1 aliphatic heterocycles. The summed E-state index contributed by atoms with van der Waals surface area (Å²) in [6.07, 6.45) is 6.58. The van der Waals surface area contributed by atoms with Crippen molar-refractivity contribution in [3.8, 4) is 5.75 Å². The zero-order chi connectivity index (χ0) is 17.0. The van der Waals surface area contributed by atoms with Crippen LogP contribution in [0.1, 0.15) is 45.4 Å². The van der Waals surface area contributed by atoms with Gasteiger partial charge < -0.3 is 14.4 Å². The molecule has 5 heteroatoms. The minimum absolute atomic E-state index is 0.395. The number of piperidine rings is 1. The van der Waals surface area contributed by atoms with Crippen LogP contribution in [0.5, 0.6) is 5.75 Å². The second-order valence-electron chi connectivity index (χ2n) is 6.24. The number of benzene rings is 1. The van der Waals surface area contributed by atoms with Crippen molar-refractivity contribution >= 4 is 11.8 Å². The molecule has 0 atom stereocenters. The number of rotatable bonds is 9. The van der Waals surface area contributed by atoms with Gasteiger partial charge in [-0.15, -0.1) is 0 Å². The van der Waals surface area contributed by atoms with Crippen LogP contribution in [-0.4, -0.2) is 43.8 Å². The first-order valence-electron chi connectivity index (χ1n) is 9.17. The second-order valence-corrected chi connectivity index (χ2v) is 6.24. The van der Waals surface area contributed by atoms with Gasteiger partial charge in [0.25, 0.3) is 0 Å². The Balaban J connectivity index is 1.59. The molecule has 0 spiro atoms. The van der Waals surface area contributed by atoms with E-state index in [1.165, 1.54) is 32.4 Å². The van der Waals surface area contributed by atoms with Gasteiger partial charge in [0.05, 0.1) is 13.2 Å². The van der Waals surface area contributed by atoms with Gasteiger partial charge >= 0.3 is 6.09 Å². The molecule has 0 radical (unpaired) electrons. The molecule has 1 aliphatic rings. The predicted octanol–water partition coefficient (Wildman–Crippen LogP) is 4.29. The third-order valence-corrected chi connectivity index (χ3v) is 4.17. The van der Waals surface area contributed by atoms with Crippen LogP contribution >= 0.6 is 0 Å². The number of unbranched alkanes of at least 4 members (excludes halogenated alkanes) is 1. The van der Waals surface area contributed by atoms with Crippen LogP contribution in [0.25, 0.3) is 0 Å². The van der Waals surface area contributed by atoms with Crippen molar-refractivity contribution in [3.05, 3.63) is 24.3 Å². The summed E-state index contributed by atoms with van der Waals surface area (Å²) in [5, 5.41) is 2.74. The molecule has 2 rings (SSSR count). The Morgan fingerprint density at radius 3 is 2.54 bits per heavy atom. The van der Waals surface area contributed by atoms with Crippen molar-refractivity contribution in [1.29, 1.82) is 0 Å². The number of carbonyl (C=O) groups is 1. The fraction of sp³-hybridized carbons (Fsp3) is 0.632. The summed E-state index contributed by atoms with van der Waals surface area (Å²) < 4.78 is 10.8. The van der Waals surface area contributed by atoms with Crippen LogP contribution in [0.15, 0.2) is 24.3 Å². The number of ether oxygens (including phenoxy) is 2. The molecule has 1 saturated heterocycles. The number of amides is 1. The second kappa shape index (κ2) is 10.9. The highest BCUT2D eigenvalue weighted by molar-refractivity contribution is 5.84. The molecule has 1 aromatic rings. The molecule has 1 heterocycles. The number of likely N-dealkylation sites (tertiary alicyclic amines) is 1. The third-order valence-electron chi connectivity index (χ3n) is 4.17. The fourth-order valence-electron chi connectivity index (χ4n) is 2.76. The number of hydrogen-bond donors (Lipinski definition) is 1. The molecule has 0 aromatic heterocycles. The maximum absolute atomic E-state index is 11.8. The van der Waals surface area contributed by atoms with E-state index < -0.39 is 6.09 Å². The summed E-state index contributed by atoms with van der Waals surface area (Å²) in [7, 11) is 0. The van der Waals surface area contributed by atoms with E-state index in [-0.39, 0.29) is 0 Å². The average molecular weight is 334 g/mol. The molecule has 0 unspecified atom stereocenters. The number of hydrogen-bond acceptors (Lipinski definition) is 4. The Morgan fingerprint density at radius 1 is 1.08 bits per heavy atom. The van der Waals surface area contributed by atoms with Gasteiger partial charge in [0, 0.05) is 12.2 Å². The summed E-state index contributed by atoms with van der Waals surface area (Å²) >= 11 is 0. The van der Waals surface area contributed by atoms with Gasteiger partial charge in [0.1, 0.15) is 5.75 Å². The number of anilines is 1. The monoisotopic (exact) mass is 334 g/mol. The van der Waals surface area contributed by atoms with Crippen molar-refractivity contribution < 1.29 is 14.3 Å². The zero-order valence-corrected chi connectivity index (χ0v) is 14.8. The number of nitrogens with one attached hydrogen (secondary N) is 1. The van der Waals surface area contributed by atoms with Gasteiger partial charge in [0.2, 0.25) is 0 Å². The topological polar surface area (TPSA) is 50.8 Å². The highest BCUT2D eigenvalue weighted by atomic mass is 16.5. The molecule has 0 saturated carbocycles. The van der Waals surface area contributed by atoms with Crippen molar-refractivity contribution in [2.24, 2.45) is 0 Å². The van der Waals surface area contributed by atoms with E-state index in [0.29, 0.717) is 6.61 Å². The van der Waals surface area contributed by atoms with Gasteiger partial charge in [-0.05, 0) is 63.0 Å². The molecule has 1 fully saturated rings. The molecular formula is C19H30N2O3. The molecule has 134 valence electrons. The van der Waals surface area contributed by atoms with E-state index in [0.717, 1.165) is 43.9 Å². The van der Waals surface area contributed by atoms with Crippen LogP contribution < -0.4 is 10.1 Å². The standard InChI is InChI=1S/C19H30N2O3/c1-2-3-15-23-18-10-8-17(9-11-18)20-19(22)24-16-7-14-21-12-5-4-6-13-21/h8-11H,2-7,12-16H2,1H3,(H,20,22). The normalized spacial score (nSPS) is 15.0. The summed E-state index contributed by atoms with van der Waals surface area (Å²) in [5.41, 5.74) is 0.721. The molecule has 0 aliphatic carbocycles. The predicted molar refractivity (Wildman–Crippen MR) is 96.7 cm³/mol. The molecule has 1 aromatic carbocycles. The van der Waals surface area contributed by atoms with Crippen LogP contribution in [0.2, 0.25) is 0 Å². The largest absolute Gasteiger partial charge is 0.494 e. The van der Waals surface area contributed by atoms with Crippen LogP contribution in [0.4, 0.5) is 10.5 Å². The quantitative estimate of drug-likeness (QED) is 0.685. The van der Waals surface area contributed by atoms with Crippen LogP contribution in [0, 0.1) is 0 Å². The Morgan fingerprint density at radius 2 is 1.83 bits per heavy atom. The van der Waals surface area contributed by atoms with Crippen molar-refractivity contribution in [2.75, 3.05) is 38.2 Å². The first-order chi connectivity index (χ1) is 11.8. The maximum Gasteiger partial charge on any atom is 0.411 e. The lowest BCUT2D eigenvalue weighted by molar-refractivity contribution is 0.148. The Kier molecular flexibility index (Phi) is 8.46. The van der Waals surface area contributed by atoms with Gasteiger partial charge in [-0.2, -0.15) is 0 Å². The molecule has 1 amide bonds. The highest BCUT2D eigenvalue weighted by Crippen LogP contribution is 2.16.